The summed E-state index contributed by atoms with van der Waals surface area (Å²) in [5, 5.41) is 11.0. The van der Waals surface area contributed by atoms with Gasteiger partial charge in [0.1, 0.15) is 5.02 Å². The van der Waals surface area contributed by atoms with Crippen LogP contribution in [0.1, 0.15) is 18.9 Å². The van der Waals surface area contributed by atoms with Gasteiger partial charge in [-0.15, -0.1) is 0 Å². The van der Waals surface area contributed by atoms with E-state index in [0.29, 0.717) is 12.1 Å². The molecule has 0 unspecified atom stereocenters. The smallest absolute Gasteiger partial charge is 0.263 e. The second kappa shape index (κ2) is 6.07. The Morgan fingerprint density at radius 3 is 2.67 bits per heavy atom. The average molecular weight is 367 g/mol. The highest BCUT2D eigenvalue weighted by atomic mass is 35.5. The van der Waals surface area contributed by atoms with Crippen LogP contribution in [0.15, 0.2) is 47.4 Å². The Kier molecular flexibility index (Phi) is 4.23. The molecule has 3 rings (SSSR count). The summed E-state index contributed by atoms with van der Waals surface area (Å²) >= 11 is 5.79. The van der Waals surface area contributed by atoms with Crippen LogP contribution in [0.3, 0.4) is 0 Å². The zero-order chi connectivity index (χ0) is 17.5. The Balaban J connectivity index is 2.15. The molecule has 1 heterocycles. The highest BCUT2D eigenvalue weighted by Gasteiger charge is 2.34. The topological polar surface area (TPSA) is 80.5 Å². The van der Waals surface area contributed by atoms with Gasteiger partial charge in [-0.05, 0) is 43.5 Å². The molecule has 24 heavy (non-hydrogen) atoms. The number of hydrogen-bond donors (Lipinski definition) is 0. The van der Waals surface area contributed by atoms with Gasteiger partial charge in [-0.1, -0.05) is 29.8 Å². The van der Waals surface area contributed by atoms with Gasteiger partial charge in [0.15, 0.2) is 0 Å². The number of fused-ring (bicyclic) bond motifs is 1. The second-order valence-electron chi connectivity index (χ2n) is 5.69. The molecule has 0 aliphatic carbocycles. The van der Waals surface area contributed by atoms with Gasteiger partial charge >= 0.3 is 0 Å². The first-order valence-electron chi connectivity index (χ1n) is 7.38. The number of sulfonamides is 1. The SMILES string of the molecule is C[C@@H]1CCc2ccccc2N1S(=O)(=O)c1ccc(Cl)c([N+](=O)[O-])c1. The molecule has 0 amide bonds. The van der Waals surface area contributed by atoms with Crippen molar-refractivity contribution in [3.05, 3.63) is 63.2 Å². The summed E-state index contributed by atoms with van der Waals surface area (Å²) in [5.41, 5.74) is 1.15. The lowest BCUT2D eigenvalue weighted by Gasteiger charge is -2.35. The maximum atomic E-state index is 13.1. The van der Waals surface area contributed by atoms with E-state index < -0.39 is 20.6 Å². The lowest BCUT2D eigenvalue weighted by atomic mass is 9.99. The molecular formula is C16H15ClN2O4S. The molecule has 8 heteroatoms. The molecular weight excluding hydrogens is 352 g/mol. The highest BCUT2D eigenvalue weighted by Crippen LogP contribution is 2.36. The Bertz CT molecular complexity index is 914. The minimum Gasteiger partial charge on any atom is -0.263 e. The predicted molar refractivity (Wildman–Crippen MR) is 92.0 cm³/mol. The third-order valence-corrected chi connectivity index (χ3v) is 6.38. The molecule has 1 aliphatic heterocycles. The zero-order valence-electron chi connectivity index (χ0n) is 12.8. The molecule has 0 bridgehead atoms. The maximum absolute atomic E-state index is 13.1. The van der Waals surface area contributed by atoms with E-state index >= 15 is 0 Å². The number of rotatable bonds is 3. The maximum Gasteiger partial charge on any atom is 0.289 e. The van der Waals surface area contributed by atoms with Crippen LogP contribution in [-0.4, -0.2) is 19.4 Å². The van der Waals surface area contributed by atoms with E-state index in [1.54, 1.807) is 12.1 Å². The van der Waals surface area contributed by atoms with Crippen molar-refractivity contribution in [2.45, 2.75) is 30.7 Å². The molecule has 1 atom stereocenters. The molecule has 2 aromatic rings. The largest absolute Gasteiger partial charge is 0.289 e. The first-order chi connectivity index (χ1) is 11.3. The van der Waals surface area contributed by atoms with Crippen LogP contribution in [0, 0.1) is 10.1 Å². The number of nitro groups is 1. The molecule has 0 N–H and O–H groups in total. The van der Waals surface area contributed by atoms with Crippen LogP contribution in [0.2, 0.25) is 5.02 Å². The van der Waals surface area contributed by atoms with Crippen molar-refractivity contribution in [3.63, 3.8) is 0 Å². The summed E-state index contributed by atoms with van der Waals surface area (Å²) in [7, 11) is -3.93. The number of aryl methyl sites for hydroxylation is 1. The van der Waals surface area contributed by atoms with E-state index in [1.807, 2.05) is 19.1 Å². The molecule has 6 nitrogen and oxygen atoms in total. The predicted octanol–water partition coefficient (Wildman–Crippen LogP) is 3.78. The number of anilines is 1. The van der Waals surface area contributed by atoms with Gasteiger partial charge in [-0.3, -0.25) is 14.4 Å². The first kappa shape index (κ1) is 16.7. The van der Waals surface area contributed by atoms with E-state index in [1.165, 1.54) is 16.4 Å². The van der Waals surface area contributed by atoms with Crippen molar-refractivity contribution in [2.24, 2.45) is 0 Å². The Morgan fingerprint density at radius 2 is 1.96 bits per heavy atom. The zero-order valence-corrected chi connectivity index (χ0v) is 14.4. The van der Waals surface area contributed by atoms with Crippen LogP contribution < -0.4 is 4.31 Å². The van der Waals surface area contributed by atoms with Gasteiger partial charge in [0.25, 0.3) is 15.7 Å². The standard InChI is InChI=1S/C16H15ClN2O4S/c1-11-6-7-12-4-2-3-5-15(12)18(11)24(22,23)13-8-9-14(17)16(10-13)19(20)21/h2-5,8-11H,6-7H2,1H3/t11-/m1/s1. The van der Waals surface area contributed by atoms with E-state index in [-0.39, 0.29) is 16.0 Å². The first-order valence-corrected chi connectivity index (χ1v) is 9.20. The number of benzene rings is 2. The highest BCUT2D eigenvalue weighted by molar-refractivity contribution is 7.92. The third-order valence-electron chi connectivity index (χ3n) is 4.13. The quantitative estimate of drug-likeness (QED) is 0.611. The van der Waals surface area contributed by atoms with Crippen molar-refractivity contribution >= 4 is 33.0 Å². The summed E-state index contributed by atoms with van der Waals surface area (Å²) in [5.74, 6) is 0. The van der Waals surface area contributed by atoms with Crippen molar-refractivity contribution in [1.29, 1.82) is 0 Å². The number of nitro benzene ring substituents is 1. The monoisotopic (exact) mass is 366 g/mol. The fourth-order valence-corrected chi connectivity index (χ4v) is 4.86. The van der Waals surface area contributed by atoms with Crippen LogP contribution in [-0.2, 0) is 16.4 Å². The van der Waals surface area contributed by atoms with Crippen molar-refractivity contribution in [2.75, 3.05) is 4.31 Å². The summed E-state index contributed by atoms with van der Waals surface area (Å²) < 4.78 is 27.6. The fourth-order valence-electron chi connectivity index (χ4n) is 2.93. The Labute approximate surface area is 144 Å². The summed E-state index contributed by atoms with van der Waals surface area (Å²) in [6, 6.07) is 10.6. The average Bonchev–Trinajstić information content (AvgIpc) is 2.54. The summed E-state index contributed by atoms with van der Waals surface area (Å²) in [6.45, 7) is 1.83. The number of nitrogens with zero attached hydrogens (tertiary/aromatic N) is 2. The van der Waals surface area contributed by atoms with Crippen molar-refractivity contribution < 1.29 is 13.3 Å². The van der Waals surface area contributed by atoms with Crippen LogP contribution >= 0.6 is 11.6 Å². The van der Waals surface area contributed by atoms with Crippen molar-refractivity contribution in [3.8, 4) is 0 Å². The normalized spacial score (nSPS) is 17.4. The summed E-state index contributed by atoms with van der Waals surface area (Å²) in [4.78, 5) is 10.2. The van der Waals surface area contributed by atoms with E-state index in [4.69, 9.17) is 11.6 Å². The molecule has 2 aromatic carbocycles. The van der Waals surface area contributed by atoms with Gasteiger partial charge in [0.05, 0.1) is 15.5 Å². The molecule has 1 aliphatic rings. The van der Waals surface area contributed by atoms with Crippen molar-refractivity contribution in [1.82, 2.24) is 0 Å². The van der Waals surface area contributed by atoms with E-state index in [2.05, 4.69) is 0 Å². The number of halogens is 1. The molecule has 0 saturated heterocycles. The fraction of sp³-hybridized carbons (Fsp3) is 0.250. The lowest BCUT2D eigenvalue weighted by Crippen LogP contribution is -2.42. The lowest BCUT2D eigenvalue weighted by molar-refractivity contribution is -0.384. The third kappa shape index (κ3) is 2.74. The summed E-state index contributed by atoms with van der Waals surface area (Å²) in [6.07, 6.45) is 1.48. The number of para-hydroxylation sites is 1. The molecule has 0 aromatic heterocycles. The van der Waals surface area contributed by atoms with Gasteiger partial charge < -0.3 is 0 Å². The van der Waals surface area contributed by atoms with Gasteiger partial charge in [0, 0.05) is 12.1 Å². The second-order valence-corrected chi connectivity index (χ2v) is 7.91. The van der Waals surface area contributed by atoms with Crippen LogP contribution in [0.25, 0.3) is 0 Å². The van der Waals surface area contributed by atoms with Crippen LogP contribution in [0.5, 0.6) is 0 Å². The van der Waals surface area contributed by atoms with Crippen LogP contribution in [0.4, 0.5) is 11.4 Å². The molecule has 0 radical (unpaired) electrons. The molecule has 0 saturated carbocycles. The van der Waals surface area contributed by atoms with E-state index in [9.17, 15) is 18.5 Å². The molecule has 0 spiro atoms. The van der Waals surface area contributed by atoms with Gasteiger partial charge in [0.2, 0.25) is 0 Å². The van der Waals surface area contributed by atoms with Gasteiger partial charge in [-0.25, -0.2) is 8.42 Å². The Morgan fingerprint density at radius 1 is 1.25 bits per heavy atom. The number of hydrogen-bond acceptors (Lipinski definition) is 4. The molecule has 0 fully saturated rings. The van der Waals surface area contributed by atoms with Gasteiger partial charge in [-0.2, -0.15) is 0 Å². The molecule has 126 valence electrons. The minimum absolute atomic E-state index is 0.0916. The van der Waals surface area contributed by atoms with E-state index in [0.717, 1.165) is 18.1 Å². The minimum atomic E-state index is -3.93. The Hall–Kier alpha value is -2.12.